The summed E-state index contributed by atoms with van der Waals surface area (Å²) in [5.74, 6) is 2.71. The lowest BCUT2D eigenvalue weighted by atomic mass is 9.92. The van der Waals surface area contributed by atoms with Gasteiger partial charge >= 0.3 is 0 Å². The van der Waals surface area contributed by atoms with Crippen LogP contribution in [0.3, 0.4) is 0 Å². The number of imidazole rings is 1. The third-order valence-corrected chi connectivity index (χ3v) is 6.76. The molecule has 1 aromatic rings. The van der Waals surface area contributed by atoms with Gasteiger partial charge in [-0.25, -0.2) is 4.98 Å². The predicted octanol–water partition coefficient (Wildman–Crippen LogP) is 2.07. The summed E-state index contributed by atoms with van der Waals surface area (Å²) >= 11 is 0. The summed E-state index contributed by atoms with van der Waals surface area (Å²) in [5.41, 5.74) is 2.76. The van der Waals surface area contributed by atoms with Crippen molar-refractivity contribution in [3.05, 3.63) is 17.2 Å². The Kier molecular flexibility index (Phi) is 5.55. The van der Waals surface area contributed by atoms with Crippen LogP contribution in [-0.4, -0.2) is 76.5 Å². The Morgan fingerprint density at radius 2 is 1.89 bits per heavy atom. The topological polar surface area (TPSA) is 44.6 Å². The zero-order valence-corrected chi connectivity index (χ0v) is 17.3. The smallest absolute Gasteiger partial charge is 0.236 e. The molecule has 1 unspecified atom stereocenters. The Morgan fingerprint density at radius 1 is 1.11 bits per heavy atom. The average Bonchev–Trinajstić information content (AvgIpc) is 2.98. The second-order valence-electron chi connectivity index (χ2n) is 9.02. The quantitative estimate of drug-likeness (QED) is 0.814. The highest BCUT2D eigenvalue weighted by atomic mass is 16.2. The van der Waals surface area contributed by atoms with Crippen LogP contribution < -0.4 is 0 Å². The summed E-state index contributed by atoms with van der Waals surface area (Å²) in [6, 6.07) is 0. The highest BCUT2D eigenvalue weighted by Crippen LogP contribution is 2.32. The fourth-order valence-corrected chi connectivity index (χ4v) is 5.10. The number of amides is 1. The molecule has 0 spiro atoms. The van der Waals surface area contributed by atoms with Crippen molar-refractivity contribution in [2.24, 2.45) is 5.92 Å². The Labute approximate surface area is 163 Å². The first-order valence-corrected chi connectivity index (χ1v) is 10.8. The van der Waals surface area contributed by atoms with Crippen molar-refractivity contribution in [2.75, 3.05) is 46.3 Å². The number of fused-ring (bicyclic) bond motifs is 1. The van der Waals surface area contributed by atoms with Crippen LogP contribution in [0.1, 0.15) is 55.7 Å². The van der Waals surface area contributed by atoms with Gasteiger partial charge in [0.15, 0.2) is 0 Å². The van der Waals surface area contributed by atoms with Gasteiger partial charge in [-0.05, 0) is 58.7 Å². The molecule has 0 aromatic carbocycles. The van der Waals surface area contributed by atoms with E-state index in [9.17, 15) is 4.79 Å². The molecular weight excluding hydrogens is 338 g/mol. The van der Waals surface area contributed by atoms with Crippen LogP contribution in [0.15, 0.2) is 0 Å². The summed E-state index contributed by atoms with van der Waals surface area (Å²) in [4.78, 5) is 24.5. The molecule has 27 heavy (non-hydrogen) atoms. The second-order valence-corrected chi connectivity index (χ2v) is 9.02. The maximum absolute atomic E-state index is 12.7. The van der Waals surface area contributed by atoms with E-state index in [1.807, 2.05) is 0 Å². The summed E-state index contributed by atoms with van der Waals surface area (Å²) in [6.07, 6.45) is 4.67. The molecule has 2 fully saturated rings. The van der Waals surface area contributed by atoms with Crippen LogP contribution in [-0.2, 0) is 17.9 Å². The molecule has 1 atom stereocenters. The first kappa shape index (κ1) is 18.9. The van der Waals surface area contributed by atoms with E-state index in [-0.39, 0.29) is 0 Å². The summed E-state index contributed by atoms with van der Waals surface area (Å²) in [6.45, 7) is 12.1. The van der Waals surface area contributed by atoms with E-state index in [0.29, 0.717) is 24.3 Å². The van der Waals surface area contributed by atoms with Gasteiger partial charge in [-0.2, -0.15) is 0 Å². The molecule has 0 radical (unpaired) electrons. The van der Waals surface area contributed by atoms with Crippen LogP contribution in [0.25, 0.3) is 0 Å². The lowest BCUT2D eigenvalue weighted by Gasteiger charge is -2.35. The minimum atomic E-state index is 0.330. The molecule has 6 nitrogen and oxygen atoms in total. The number of piperidine rings is 2. The van der Waals surface area contributed by atoms with E-state index in [2.05, 4.69) is 40.2 Å². The number of aromatic nitrogens is 2. The van der Waals surface area contributed by atoms with Crippen molar-refractivity contribution in [2.45, 2.75) is 58.5 Å². The Morgan fingerprint density at radius 3 is 2.63 bits per heavy atom. The molecule has 3 aliphatic heterocycles. The molecule has 3 aliphatic rings. The molecule has 150 valence electrons. The van der Waals surface area contributed by atoms with Gasteiger partial charge in [0.1, 0.15) is 5.82 Å². The van der Waals surface area contributed by atoms with E-state index < -0.39 is 0 Å². The predicted molar refractivity (Wildman–Crippen MR) is 107 cm³/mol. The molecule has 4 rings (SSSR count). The van der Waals surface area contributed by atoms with Gasteiger partial charge in [-0.1, -0.05) is 6.92 Å². The average molecular weight is 374 g/mol. The molecule has 4 heterocycles. The molecule has 1 amide bonds. The standard InChI is InChI=1S/C21H35N5O/c1-16-5-4-8-25(13-16)20(27)15-24-9-6-18(7-10-24)21-19-14-23(3)11-12-26(19)17(2)22-21/h16,18H,4-15H2,1-3H3. The lowest BCUT2D eigenvalue weighted by Crippen LogP contribution is -2.46. The van der Waals surface area contributed by atoms with Gasteiger partial charge in [0, 0.05) is 38.6 Å². The number of carbonyl (C=O) groups is 1. The van der Waals surface area contributed by atoms with Gasteiger partial charge in [-0.15, -0.1) is 0 Å². The molecule has 0 bridgehead atoms. The molecule has 0 saturated carbocycles. The van der Waals surface area contributed by atoms with E-state index >= 15 is 0 Å². The molecule has 2 saturated heterocycles. The number of likely N-dealkylation sites (N-methyl/N-ethyl adjacent to an activating group) is 1. The van der Waals surface area contributed by atoms with E-state index in [1.54, 1.807) is 0 Å². The van der Waals surface area contributed by atoms with Crippen LogP contribution in [0.4, 0.5) is 0 Å². The van der Waals surface area contributed by atoms with Gasteiger partial charge in [-0.3, -0.25) is 14.6 Å². The maximum Gasteiger partial charge on any atom is 0.236 e. The number of nitrogens with zero attached hydrogens (tertiary/aromatic N) is 5. The first-order valence-electron chi connectivity index (χ1n) is 10.8. The minimum absolute atomic E-state index is 0.330. The van der Waals surface area contributed by atoms with Crippen LogP contribution in [0, 0.1) is 12.8 Å². The monoisotopic (exact) mass is 373 g/mol. The van der Waals surface area contributed by atoms with Crippen molar-refractivity contribution in [1.29, 1.82) is 0 Å². The van der Waals surface area contributed by atoms with Crippen molar-refractivity contribution < 1.29 is 4.79 Å². The molecular formula is C21H35N5O. The highest BCUT2D eigenvalue weighted by Gasteiger charge is 2.30. The fourth-order valence-electron chi connectivity index (χ4n) is 5.10. The van der Waals surface area contributed by atoms with Crippen molar-refractivity contribution >= 4 is 5.91 Å². The third-order valence-electron chi connectivity index (χ3n) is 6.76. The van der Waals surface area contributed by atoms with Crippen molar-refractivity contribution in [3.63, 3.8) is 0 Å². The van der Waals surface area contributed by atoms with Gasteiger partial charge in [0.25, 0.3) is 0 Å². The van der Waals surface area contributed by atoms with Crippen LogP contribution in [0.5, 0.6) is 0 Å². The summed E-state index contributed by atoms with van der Waals surface area (Å²) in [7, 11) is 2.20. The number of aryl methyl sites for hydroxylation is 1. The van der Waals surface area contributed by atoms with E-state index in [0.717, 1.165) is 65.1 Å². The molecule has 6 heteroatoms. The zero-order valence-electron chi connectivity index (χ0n) is 17.3. The summed E-state index contributed by atoms with van der Waals surface area (Å²) < 4.78 is 2.42. The Bertz CT molecular complexity index is 676. The normalized spacial score (nSPS) is 25.6. The molecule has 0 aliphatic carbocycles. The fraction of sp³-hybridized carbons (Fsp3) is 0.810. The van der Waals surface area contributed by atoms with E-state index in [1.165, 1.54) is 23.6 Å². The van der Waals surface area contributed by atoms with Gasteiger partial charge in [0.05, 0.1) is 17.9 Å². The van der Waals surface area contributed by atoms with Crippen molar-refractivity contribution in [1.82, 2.24) is 24.3 Å². The Hall–Kier alpha value is -1.40. The lowest BCUT2D eigenvalue weighted by molar-refractivity contribution is -0.134. The zero-order chi connectivity index (χ0) is 19.0. The van der Waals surface area contributed by atoms with Gasteiger partial charge < -0.3 is 9.47 Å². The molecule has 0 N–H and O–H groups in total. The second kappa shape index (κ2) is 7.92. The third kappa shape index (κ3) is 4.06. The molecule has 1 aromatic heterocycles. The largest absolute Gasteiger partial charge is 0.341 e. The number of hydrogen-bond donors (Lipinski definition) is 0. The maximum atomic E-state index is 12.7. The van der Waals surface area contributed by atoms with Crippen LogP contribution >= 0.6 is 0 Å². The number of hydrogen-bond acceptors (Lipinski definition) is 4. The number of likely N-dealkylation sites (tertiary alicyclic amines) is 2. The number of carbonyl (C=O) groups excluding carboxylic acids is 1. The SMILES string of the molecule is Cc1nc(C2CCN(CC(=O)N3CCCC(C)C3)CC2)c2n1CCN(C)C2. The summed E-state index contributed by atoms with van der Waals surface area (Å²) in [5, 5.41) is 0. The van der Waals surface area contributed by atoms with Gasteiger partial charge in [0.2, 0.25) is 5.91 Å². The van der Waals surface area contributed by atoms with E-state index in [4.69, 9.17) is 4.98 Å². The van der Waals surface area contributed by atoms with Crippen LogP contribution in [0.2, 0.25) is 0 Å². The van der Waals surface area contributed by atoms with Crippen molar-refractivity contribution in [3.8, 4) is 0 Å². The minimum Gasteiger partial charge on any atom is -0.341 e. The highest BCUT2D eigenvalue weighted by molar-refractivity contribution is 5.78. The number of rotatable bonds is 3. The first-order chi connectivity index (χ1) is 13.0. The Balaban J connectivity index is 1.34.